The summed E-state index contributed by atoms with van der Waals surface area (Å²) in [6, 6.07) is 30.4. The molecule has 0 N–H and O–H groups in total. The van der Waals surface area contributed by atoms with Crippen molar-refractivity contribution in [1.82, 2.24) is 0 Å². The molecule has 188 valence electrons. The molecule has 2 heteroatoms. The smallest absolute Gasteiger partial charge is 0.216 e. The maximum absolute atomic E-state index is 8.26. The molecule has 0 aliphatic carbocycles. The van der Waals surface area contributed by atoms with Crippen molar-refractivity contribution in [3.8, 4) is 33.5 Å². The summed E-state index contributed by atoms with van der Waals surface area (Å²) in [6.07, 6.45) is 2.15. The molecule has 38 heavy (non-hydrogen) atoms. The third kappa shape index (κ3) is 3.92. The molecule has 0 unspecified atom stereocenters. The first-order chi connectivity index (χ1) is 19.4. The molecule has 0 radical (unpaired) electrons. The van der Waals surface area contributed by atoms with Gasteiger partial charge < -0.3 is 4.42 Å². The highest BCUT2D eigenvalue weighted by Gasteiger charge is 2.28. The van der Waals surface area contributed by atoms with Gasteiger partial charge >= 0.3 is 0 Å². The van der Waals surface area contributed by atoms with Gasteiger partial charge in [0.1, 0.15) is 18.2 Å². The summed E-state index contributed by atoms with van der Waals surface area (Å²) in [5, 5.41) is 2.13. The third-order valence-electron chi connectivity index (χ3n) is 7.52. The van der Waals surface area contributed by atoms with Crippen molar-refractivity contribution < 1.29 is 13.1 Å². The first-order valence-electron chi connectivity index (χ1n) is 14.6. The van der Waals surface area contributed by atoms with Crippen LogP contribution >= 0.6 is 0 Å². The van der Waals surface area contributed by atoms with Crippen LogP contribution in [0.2, 0.25) is 0 Å². The number of aryl methyl sites for hydroxylation is 3. The molecule has 6 rings (SSSR count). The van der Waals surface area contributed by atoms with Crippen molar-refractivity contribution >= 4 is 21.9 Å². The molecule has 0 saturated heterocycles. The molecule has 2 aromatic heterocycles. The van der Waals surface area contributed by atoms with Gasteiger partial charge in [-0.25, -0.2) is 4.57 Å². The lowest BCUT2D eigenvalue weighted by atomic mass is 9.81. The number of rotatable bonds is 3. The molecule has 0 saturated carbocycles. The van der Waals surface area contributed by atoms with E-state index >= 15 is 0 Å². The Bertz CT molecular complexity index is 1930. The molecule has 0 atom stereocenters. The van der Waals surface area contributed by atoms with Gasteiger partial charge in [-0.15, -0.1) is 0 Å². The number of fused-ring (bicyclic) bond motifs is 3. The second-order valence-electron chi connectivity index (χ2n) is 11.2. The van der Waals surface area contributed by atoms with Crippen LogP contribution in [0.1, 0.15) is 41.6 Å². The molecule has 6 aromatic rings. The Labute approximate surface area is 229 Å². The molecule has 4 aromatic carbocycles. The Morgan fingerprint density at radius 3 is 2.18 bits per heavy atom. The number of hydrogen-bond acceptors (Lipinski definition) is 1. The fourth-order valence-electron chi connectivity index (χ4n) is 5.56. The van der Waals surface area contributed by atoms with Gasteiger partial charge in [-0.1, -0.05) is 106 Å². The highest BCUT2D eigenvalue weighted by atomic mass is 16.3. The van der Waals surface area contributed by atoms with Crippen LogP contribution in [0.25, 0.3) is 55.4 Å². The molecule has 0 bridgehead atoms. The van der Waals surface area contributed by atoms with Gasteiger partial charge in [0.2, 0.25) is 5.69 Å². The second kappa shape index (κ2) is 8.99. The van der Waals surface area contributed by atoms with E-state index in [1.165, 1.54) is 0 Å². The van der Waals surface area contributed by atoms with Crippen molar-refractivity contribution in [3.63, 3.8) is 0 Å². The summed E-state index contributed by atoms with van der Waals surface area (Å²) in [7, 11) is 2.06. The van der Waals surface area contributed by atoms with Crippen LogP contribution in [-0.2, 0) is 12.5 Å². The zero-order chi connectivity index (χ0) is 29.1. The fraction of sp³-hybridized carbons (Fsp3) is 0.194. The van der Waals surface area contributed by atoms with E-state index < -0.39 is 6.85 Å². The van der Waals surface area contributed by atoms with E-state index in [1.807, 2.05) is 30.3 Å². The van der Waals surface area contributed by atoms with Crippen LogP contribution in [0.3, 0.4) is 0 Å². The van der Waals surface area contributed by atoms with Gasteiger partial charge in [0.05, 0.1) is 5.56 Å². The van der Waals surface area contributed by atoms with Gasteiger partial charge in [-0.05, 0) is 47.0 Å². The van der Waals surface area contributed by atoms with Crippen molar-refractivity contribution in [2.45, 2.75) is 40.0 Å². The quantitative estimate of drug-likeness (QED) is 0.222. The minimum atomic E-state index is -2.23. The second-order valence-corrected chi connectivity index (χ2v) is 11.2. The standard InChI is InChI=1S/C36H34NO/c1-23-13-10-11-16-26(23)30-21-32(37(6)22-31(30)36(3,4)5)33-24(2)19-20-29-28-18-12-17-27(34(28)38-35(29)33)25-14-8-7-9-15-25/h7-22H,1-6H3/q+1/i1D3. The van der Waals surface area contributed by atoms with E-state index in [0.717, 1.165) is 66.6 Å². The lowest BCUT2D eigenvalue weighted by molar-refractivity contribution is -0.660. The average Bonchev–Trinajstić information content (AvgIpc) is 3.31. The highest BCUT2D eigenvalue weighted by Crippen LogP contribution is 2.42. The van der Waals surface area contributed by atoms with Crippen molar-refractivity contribution in [2.24, 2.45) is 7.05 Å². The monoisotopic (exact) mass is 499 g/mol. The van der Waals surface area contributed by atoms with Crippen LogP contribution in [0.5, 0.6) is 0 Å². The maximum atomic E-state index is 8.26. The zero-order valence-electron chi connectivity index (χ0n) is 25.6. The summed E-state index contributed by atoms with van der Waals surface area (Å²) in [5.74, 6) is 0. The minimum absolute atomic E-state index is 0.210. The van der Waals surface area contributed by atoms with Crippen molar-refractivity contribution in [3.05, 3.63) is 114 Å². The van der Waals surface area contributed by atoms with E-state index in [9.17, 15) is 0 Å². The van der Waals surface area contributed by atoms with Crippen LogP contribution in [0.15, 0.2) is 102 Å². The number of benzene rings is 4. The maximum Gasteiger partial charge on any atom is 0.216 e. The van der Waals surface area contributed by atoms with Gasteiger partial charge in [0.15, 0.2) is 6.20 Å². The largest absolute Gasteiger partial charge is 0.454 e. The molecule has 0 amide bonds. The number of nitrogens with zero attached hydrogens (tertiary/aromatic N) is 1. The summed E-state index contributed by atoms with van der Waals surface area (Å²) in [4.78, 5) is 0. The van der Waals surface area contributed by atoms with Crippen LogP contribution in [-0.4, -0.2) is 0 Å². The van der Waals surface area contributed by atoms with E-state index in [2.05, 4.69) is 94.0 Å². The molecule has 0 spiro atoms. The van der Waals surface area contributed by atoms with E-state index in [1.54, 1.807) is 12.1 Å². The molecule has 2 heterocycles. The van der Waals surface area contributed by atoms with E-state index in [-0.39, 0.29) is 5.41 Å². The Balaban J connectivity index is 1.68. The number of pyridine rings is 1. The average molecular weight is 500 g/mol. The number of para-hydroxylation sites is 1. The summed E-state index contributed by atoms with van der Waals surface area (Å²) < 4.78 is 33.7. The first-order valence-corrected chi connectivity index (χ1v) is 13.1. The van der Waals surface area contributed by atoms with Crippen LogP contribution < -0.4 is 4.57 Å². The lowest BCUT2D eigenvalue weighted by Gasteiger charge is -2.23. The van der Waals surface area contributed by atoms with Crippen LogP contribution in [0.4, 0.5) is 0 Å². The normalized spacial score (nSPS) is 13.4. The third-order valence-corrected chi connectivity index (χ3v) is 7.52. The fourth-order valence-corrected chi connectivity index (χ4v) is 5.56. The molecule has 2 nitrogen and oxygen atoms in total. The molecular formula is C36H34NO+. The van der Waals surface area contributed by atoms with E-state index in [4.69, 9.17) is 8.53 Å². The number of hydrogen-bond donors (Lipinski definition) is 0. The molecular weight excluding hydrogens is 462 g/mol. The molecule has 0 aliphatic heterocycles. The zero-order valence-corrected chi connectivity index (χ0v) is 22.6. The summed E-state index contributed by atoms with van der Waals surface area (Å²) in [5.41, 5.74) is 9.82. The molecule has 0 aliphatic rings. The lowest BCUT2D eigenvalue weighted by Crippen LogP contribution is -2.34. The summed E-state index contributed by atoms with van der Waals surface area (Å²) >= 11 is 0. The predicted octanol–water partition coefficient (Wildman–Crippen LogP) is 9.33. The minimum Gasteiger partial charge on any atom is -0.454 e. The predicted molar refractivity (Wildman–Crippen MR) is 159 cm³/mol. The Kier molecular flexibility index (Phi) is 4.93. The van der Waals surface area contributed by atoms with Gasteiger partial charge in [-0.3, -0.25) is 0 Å². The van der Waals surface area contributed by atoms with Gasteiger partial charge in [0.25, 0.3) is 0 Å². The van der Waals surface area contributed by atoms with E-state index in [0.29, 0.717) is 5.56 Å². The number of aromatic nitrogens is 1. The Hall–Kier alpha value is -4.17. The molecule has 0 fully saturated rings. The summed E-state index contributed by atoms with van der Waals surface area (Å²) in [6.45, 7) is 6.37. The highest BCUT2D eigenvalue weighted by molar-refractivity contribution is 6.13. The van der Waals surface area contributed by atoms with Crippen molar-refractivity contribution in [1.29, 1.82) is 0 Å². The topological polar surface area (TPSA) is 17.0 Å². The van der Waals surface area contributed by atoms with Gasteiger partial charge in [-0.2, -0.15) is 0 Å². The number of furan rings is 1. The van der Waals surface area contributed by atoms with Gasteiger partial charge in [0, 0.05) is 32.1 Å². The SMILES string of the molecule is [2H]C([2H])([2H])c1ccccc1-c1cc(-c2c(C)ccc3c2oc2c(-c4ccccc4)cccc23)[n+](C)cc1C(C)(C)C. The Morgan fingerprint density at radius 2 is 1.42 bits per heavy atom. The Morgan fingerprint density at radius 1 is 0.711 bits per heavy atom. The van der Waals surface area contributed by atoms with Crippen LogP contribution in [0, 0.1) is 13.8 Å². The van der Waals surface area contributed by atoms with Crippen molar-refractivity contribution in [2.75, 3.05) is 0 Å². The first kappa shape index (κ1) is 20.8.